The number of nitrogens with one attached hydrogen (secondary N) is 1. The largest absolute Gasteiger partial charge is 0.370 e. The molecule has 0 saturated carbocycles. The molecular formula is C12H25N3O2. The predicted octanol–water partition coefficient (Wildman–Crippen LogP) is 0.522. The highest BCUT2D eigenvalue weighted by Gasteiger charge is 2.12. The molecule has 100 valence electrons. The first-order valence-corrected chi connectivity index (χ1v) is 6.25. The van der Waals surface area contributed by atoms with Gasteiger partial charge in [-0.05, 0) is 26.2 Å². The minimum absolute atomic E-state index is 0.00216. The van der Waals surface area contributed by atoms with Crippen LogP contribution in [0.5, 0.6) is 0 Å². The normalized spacial score (nSPS) is 14.1. The first-order valence-electron chi connectivity index (χ1n) is 6.25. The molecule has 0 aliphatic heterocycles. The van der Waals surface area contributed by atoms with E-state index in [0.717, 1.165) is 19.3 Å². The number of nitrogens with two attached hydrogens (primary N) is 2. The van der Waals surface area contributed by atoms with Crippen molar-refractivity contribution in [3.8, 4) is 0 Å². The van der Waals surface area contributed by atoms with Crippen LogP contribution in [0.15, 0.2) is 0 Å². The summed E-state index contributed by atoms with van der Waals surface area (Å²) in [6, 6.07) is 0.195. The highest BCUT2D eigenvalue weighted by Crippen LogP contribution is 2.08. The molecule has 2 unspecified atom stereocenters. The second kappa shape index (κ2) is 8.98. The van der Waals surface area contributed by atoms with E-state index in [0.29, 0.717) is 19.4 Å². The van der Waals surface area contributed by atoms with Crippen LogP contribution in [-0.2, 0) is 9.59 Å². The van der Waals surface area contributed by atoms with Gasteiger partial charge in [0.15, 0.2) is 0 Å². The van der Waals surface area contributed by atoms with Gasteiger partial charge in [-0.25, -0.2) is 0 Å². The lowest BCUT2D eigenvalue weighted by Crippen LogP contribution is -2.30. The second-order valence-corrected chi connectivity index (χ2v) is 4.67. The van der Waals surface area contributed by atoms with Gasteiger partial charge in [0.25, 0.3) is 0 Å². The summed E-state index contributed by atoms with van der Waals surface area (Å²) in [6.07, 6.45) is 3.68. The average Bonchev–Trinajstić information content (AvgIpc) is 2.23. The first-order chi connectivity index (χ1) is 7.93. The number of amides is 2. The van der Waals surface area contributed by atoms with Crippen molar-refractivity contribution in [3.05, 3.63) is 0 Å². The molecule has 0 aromatic heterocycles. The molecule has 2 atom stereocenters. The minimum Gasteiger partial charge on any atom is -0.370 e. The van der Waals surface area contributed by atoms with E-state index in [1.165, 1.54) is 0 Å². The fraction of sp³-hybridized carbons (Fsp3) is 0.833. The molecule has 0 aliphatic rings. The van der Waals surface area contributed by atoms with Crippen molar-refractivity contribution in [2.45, 2.75) is 52.0 Å². The third kappa shape index (κ3) is 9.81. The monoisotopic (exact) mass is 243 g/mol. The van der Waals surface area contributed by atoms with E-state index < -0.39 is 0 Å². The number of hydrogen-bond donors (Lipinski definition) is 3. The van der Waals surface area contributed by atoms with E-state index >= 15 is 0 Å². The summed E-state index contributed by atoms with van der Waals surface area (Å²) < 4.78 is 0. The van der Waals surface area contributed by atoms with Crippen LogP contribution in [0.2, 0.25) is 0 Å². The van der Waals surface area contributed by atoms with Crippen molar-refractivity contribution >= 4 is 11.8 Å². The van der Waals surface area contributed by atoms with Crippen LogP contribution >= 0.6 is 0 Å². The summed E-state index contributed by atoms with van der Waals surface area (Å²) in [5.74, 6) is -0.286. The SMILES string of the molecule is CC(N)CCCC(C)C(=O)NCCCC(N)=O. The third-order valence-corrected chi connectivity index (χ3v) is 2.64. The zero-order chi connectivity index (χ0) is 13.3. The molecule has 0 saturated heterocycles. The first kappa shape index (κ1) is 15.9. The third-order valence-electron chi connectivity index (χ3n) is 2.64. The average molecular weight is 243 g/mol. The van der Waals surface area contributed by atoms with E-state index in [1.807, 2.05) is 13.8 Å². The Labute approximate surface area is 103 Å². The Kier molecular flexibility index (Phi) is 8.40. The topological polar surface area (TPSA) is 98.2 Å². The number of carbonyl (C=O) groups excluding carboxylic acids is 2. The second-order valence-electron chi connectivity index (χ2n) is 4.67. The van der Waals surface area contributed by atoms with Gasteiger partial charge in [0.2, 0.25) is 11.8 Å². The lowest BCUT2D eigenvalue weighted by atomic mass is 10.0. The van der Waals surface area contributed by atoms with E-state index in [2.05, 4.69) is 5.32 Å². The summed E-state index contributed by atoms with van der Waals surface area (Å²) in [5.41, 5.74) is 10.6. The Morgan fingerprint density at radius 1 is 1.18 bits per heavy atom. The molecule has 0 aromatic carbocycles. The van der Waals surface area contributed by atoms with Gasteiger partial charge >= 0.3 is 0 Å². The van der Waals surface area contributed by atoms with Gasteiger partial charge in [0, 0.05) is 24.9 Å². The zero-order valence-electron chi connectivity index (χ0n) is 10.9. The Hall–Kier alpha value is -1.10. The van der Waals surface area contributed by atoms with Crippen molar-refractivity contribution in [2.75, 3.05) is 6.54 Å². The Balaban J connectivity index is 3.57. The van der Waals surface area contributed by atoms with Gasteiger partial charge in [0.1, 0.15) is 0 Å². The summed E-state index contributed by atoms with van der Waals surface area (Å²) in [4.78, 5) is 22.1. The highest BCUT2D eigenvalue weighted by atomic mass is 16.2. The molecule has 5 nitrogen and oxygen atoms in total. The summed E-state index contributed by atoms with van der Waals surface area (Å²) >= 11 is 0. The van der Waals surface area contributed by atoms with Crippen LogP contribution in [0, 0.1) is 5.92 Å². The van der Waals surface area contributed by atoms with Crippen molar-refractivity contribution < 1.29 is 9.59 Å². The number of primary amides is 1. The summed E-state index contributed by atoms with van der Waals surface area (Å²) in [6.45, 7) is 4.39. The zero-order valence-corrected chi connectivity index (χ0v) is 10.9. The van der Waals surface area contributed by atoms with E-state index in [-0.39, 0.29) is 23.8 Å². The molecule has 5 N–H and O–H groups in total. The van der Waals surface area contributed by atoms with Crippen LogP contribution in [0.4, 0.5) is 0 Å². The van der Waals surface area contributed by atoms with E-state index in [9.17, 15) is 9.59 Å². The molecule has 0 radical (unpaired) electrons. The smallest absolute Gasteiger partial charge is 0.222 e. The van der Waals surface area contributed by atoms with Gasteiger partial charge in [-0.2, -0.15) is 0 Å². The number of carbonyl (C=O) groups is 2. The van der Waals surface area contributed by atoms with Gasteiger partial charge < -0.3 is 16.8 Å². The molecular weight excluding hydrogens is 218 g/mol. The van der Waals surface area contributed by atoms with Crippen molar-refractivity contribution in [1.82, 2.24) is 5.32 Å². The lowest BCUT2D eigenvalue weighted by molar-refractivity contribution is -0.125. The van der Waals surface area contributed by atoms with Gasteiger partial charge in [0.05, 0.1) is 0 Å². The summed E-state index contributed by atoms with van der Waals surface area (Å²) in [5, 5.41) is 2.80. The van der Waals surface area contributed by atoms with Gasteiger partial charge in [-0.15, -0.1) is 0 Å². The fourth-order valence-corrected chi connectivity index (χ4v) is 1.53. The molecule has 2 amide bonds. The van der Waals surface area contributed by atoms with Crippen molar-refractivity contribution in [2.24, 2.45) is 17.4 Å². The van der Waals surface area contributed by atoms with Crippen LogP contribution in [0.3, 0.4) is 0 Å². The fourth-order valence-electron chi connectivity index (χ4n) is 1.53. The molecule has 0 aromatic rings. The Morgan fingerprint density at radius 3 is 2.35 bits per heavy atom. The lowest BCUT2D eigenvalue weighted by Gasteiger charge is -2.12. The van der Waals surface area contributed by atoms with E-state index in [1.54, 1.807) is 0 Å². The number of rotatable bonds is 9. The molecule has 0 spiro atoms. The highest BCUT2D eigenvalue weighted by molar-refractivity contribution is 5.78. The van der Waals surface area contributed by atoms with Crippen LogP contribution in [0.25, 0.3) is 0 Å². The molecule has 0 aliphatic carbocycles. The number of hydrogen-bond acceptors (Lipinski definition) is 3. The van der Waals surface area contributed by atoms with Gasteiger partial charge in [-0.3, -0.25) is 9.59 Å². The quantitative estimate of drug-likeness (QED) is 0.515. The predicted molar refractivity (Wildman–Crippen MR) is 68.1 cm³/mol. The maximum absolute atomic E-state index is 11.6. The molecule has 0 fully saturated rings. The van der Waals surface area contributed by atoms with Crippen LogP contribution in [-0.4, -0.2) is 24.4 Å². The molecule has 0 rings (SSSR count). The standard InChI is InChI=1S/C12H25N3O2/c1-9(5-3-6-10(2)13)12(17)15-8-4-7-11(14)16/h9-10H,3-8,13H2,1-2H3,(H2,14,16)(H,15,17). The van der Waals surface area contributed by atoms with Gasteiger partial charge in [-0.1, -0.05) is 13.3 Å². The van der Waals surface area contributed by atoms with Crippen molar-refractivity contribution in [1.29, 1.82) is 0 Å². The minimum atomic E-state index is -0.329. The van der Waals surface area contributed by atoms with Crippen LogP contribution in [0.1, 0.15) is 46.0 Å². The van der Waals surface area contributed by atoms with Crippen LogP contribution < -0.4 is 16.8 Å². The summed E-state index contributed by atoms with van der Waals surface area (Å²) in [7, 11) is 0. The van der Waals surface area contributed by atoms with E-state index in [4.69, 9.17) is 11.5 Å². The Bertz CT molecular complexity index is 242. The molecule has 17 heavy (non-hydrogen) atoms. The molecule has 0 heterocycles. The Morgan fingerprint density at radius 2 is 1.82 bits per heavy atom. The maximum atomic E-state index is 11.6. The van der Waals surface area contributed by atoms with Crippen molar-refractivity contribution in [3.63, 3.8) is 0 Å². The maximum Gasteiger partial charge on any atom is 0.222 e. The molecule has 5 heteroatoms. The molecule has 0 bridgehead atoms.